The number of amides is 1. The largest absolute Gasteiger partial charge is 0.478 e. The molecule has 1 aromatic carbocycles. The maximum Gasteiger partial charge on any atom is 0.346 e. The molecule has 8 heteroatoms. The second-order valence-electron chi connectivity index (χ2n) is 4.94. The van der Waals surface area contributed by atoms with E-state index in [9.17, 15) is 19.1 Å². The highest BCUT2D eigenvalue weighted by Crippen LogP contribution is 2.15. The Morgan fingerprint density at radius 1 is 1.38 bits per heavy atom. The lowest BCUT2D eigenvalue weighted by Gasteiger charge is -2.16. The van der Waals surface area contributed by atoms with Gasteiger partial charge >= 0.3 is 5.97 Å². The summed E-state index contributed by atoms with van der Waals surface area (Å²) in [5.41, 5.74) is 0.412. The zero-order valence-corrected chi connectivity index (χ0v) is 14.4. The Labute approximate surface area is 146 Å². The average molecular weight is 399 g/mol. The summed E-state index contributed by atoms with van der Waals surface area (Å²) in [6.45, 7) is 2.27. The molecule has 1 aromatic heterocycles. The molecule has 0 aliphatic carbocycles. The van der Waals surface area contributed by atoms with Gasteiger partial charge in [0.2, 0.25) is 6.10 Å². The van der Waals surface area contributed by atoms with Crippen molar-refractivity contribution in [2.45, 2.75) is 19.6 Å². The highest BCUT2D eigenvalue weighted by molar-refractivity contribution is 9.10. The number of hydrogen-bond acceptors (Lipinski definition) is 3. The number of carboxylic acids is 1. The van der Waals surface area contributed by atoms with Crippen LogP contribution in [0.25, 0.3) is 0 Å². The lowest BCUT2D eigenvalue weighted by atomic mass is 10.3. The summed E-state index contributed by atoms with van der Waals surface area (Å²) in [4.78, 5) is 23.5. The Morgan fingerprint density at radius 3 is 2.62 bits per heavy atom. The predicted molar refractivity (Wildman–Crippen MR) is 88.6 cm³/mol. The Balaban J connectivity index is 2.01. The van der Waals surface area contributed by atoms with E-state index in [-0.39, 0.29) is 12.3 Å². The van der Waals surface area contributed by atoms with Crippen molar-refractivity contribution in [1.29, 1.82) is 0 Å². The molecular weight excluding hydrogens is 383 g/mol. The fourth-order valence-corrected chi connectivity index (χ4v) is 2.52. The molecule has 1 amide bonds. The number of aryl methyl sites for hydroxylation is 1. The summed E-state index contributed by atoms with van der Waals surface area (Å²) in [6.07, 6.45) is 0.478. The zero-order valence-electron chi connectivity index (χ0n) is 12.8. The number of rotatable bonds is 7. The van der Waals surface area contributed by atoms with Crippen LogP contribution in [0.2, 0.25) is 0 Å². The summed E-state index contributed by atoms with van der Waals surface area (Å²) < 4.78 is 20.6. The van der Waals surface area contributed by atoms with Crippen LogP contribution in [0.15, 0.2) is 41.0 Å². The molecule has 0 saturated carbocycles. The molecule has 0 spiro atoms. The quantitative estimate of drug-likeness (QED) is 0.751. The maximum absolute atomic E-state index is 12.9. The van der Waals surface area contributed by atoms with E-state index < -0.39 is 23.8 Å². The summed E-state index contributed by atoms with van der Waals surface area (Å²) in [5.74, 6) is -1.88. The van der Waals surface area contributed by atoms with Crippen LogP contribution in [-0.4, -0.2) is 34.2 Å². The van der Waals surface area contributed by atoms with Crippen molar-refractivity contribution in [1.82, 2.24) is 9.88 Å². The van der Waals surface area contributed by atoms with E-state index in [0.29, 0.717) is 12.2 Å². The SMILES string of the molecule is CCn1cc(Br)cc1C(=O)NCC(Oc1ccc(F)cc1)C(=O)O. The minimum Gasteiger partial charge on any atom is -0.478 e. The number of carbonyl (C=O) groups is 2. The number of nitrogens with zero attached hydrogens (tertiary/aromatic N) is 1. The van der Waals surface area contributed by atoms with Crippen LogP contribution in [0, 0.1) is 5.82 Å². The van der Waals surface area contributed by atoms with E-state index in [1.807, 2.05) is 6.92 Å². The molecule has 0 bridgehead atoms. The first-order valence-electron chi connectivity index (χ1n) is 7.19. The second kappa shape index (κ2) is 7.96. The van der Waals surface area contributed by atoms with Crippen LogP contribution in [0.5, 0.6) is 5.75 Å². The van der Waals surface area contributed by atoms with Crippen LogP contribution in [0.1, 0.15) is 17.4 Å². The summed E-state index contributed by atoms with van der Waals surface area (Å²) in [5, 5.41) is 11.8. The molecule has 0 fully saturated rings. The van der Waals surface area contributed by atoms with Gasteiger partial charge < -0.3 is 19.7 Å². The van der Waals surface area contributed by atoms with E-state index in [1.54, 1.807) is 16.8 Å². The fourth-order valence-electron chi connectivity index (χ4n) is 2.06. The van der Waals surface area contributed by atoms with Gasteiger partial charge in [0.25, 0.3) is 5.91 Å². The third kappa shape index (κ3) is 4.58. The molecule has 0 saturated heterocycles. The second-order valence-corrected chi connectivity index (χ2v) is 5.85. The van der Waals surface area contributed by atoms with Gasteiger partial charge in [0.05, 0.1) is 6.54 Å². The molecule has 6 nitrogen and oxygen atoms in total. The van der Waals surface area contributed by atoms with Crippen molar-refractivity contribution in [2.75, 3.05) is 6.54 Å². The normalized spacial score (nSPS) is 11.8. The summed E-state index contributed by atoms with van der Waals surface area (Å²) in [7, 11) is 0. The Hall–Kier alpha value is -2.35. The number of aliphatic carboxylic acids is 1. The predicted octanol–water partition coefficient (Wildman–Crippen LogP) is 2.67. The summed E-state index contributed by atoms with van der Waals surface area (Å²) in [6, 6.07) is 6.63. The average Bonchev–Trinajstić information content (AvgIpc) is 2.93. The van der Waals surface area contributed by atoms with Crippen LogP contribution >= 0.6 is 15.9 Å². The van der Waals surface area contributed by atoms with Gasteiger partial charge in [-0.1, -0.05) is 0 Å². The minimum atomic E-state index is -1.28. The van der Waals surface area contributed by atoms with Gasteiger partial charge in [-0.2, -0.15) is 0 Å². The minimum absolute atomic E-state index is 0.206. The van der Waals surface area contributed by atoms with Gasteiger partial charge in [-0.05, 0) is 53.2 Å². The lowest BCUT2D eigenvalue weighted by Crippen LogP contribution is -2.40. The van der Waals surface area contributed by atoms with E-state index >= 15 is 0 Å². The number of benzene rings is 1. The lowest BCUT2D eigenvalue weighted by molar-refractivity contribution is -0.144. The Morgan fingerprint density at radius 2 is 2.04 bits per heavy atom. The Bertz CT molecular complexity index is 730. The van der Waals surface area contributed by atoms with Crippen LogP contribution in [-0.2, 0) is 11.3 Å². The highest BCUT2D eigenvalue weighted by atomic mass is 79.9. The van der Waals surface area contributed by atoms with Gasteiger partial charge in [-0.25, -0.2) is 9.18 Å². The van der Waals surface area contributed by atoms with E-state index in [1.165, 1.54) is 24.3 Å². The molecule has 2 rings (SSSR count). The van der Waals surface area contributed by atoms with E-state index in [4.69, 9.17) is 4.74 Å². The smallest absolute Gasteiger partial charge is 0.346 e. The van der Waals surface area contributed by atoms with E-state index in [0.717, 1.165) is 4.47 Å². The number of ether oxygens (including phenoxy) is 1. The molecule has 0 aliphatic heterocycles. The van der Waals surface area contributed by atoms with Crippen molar-refractivity contribution in [3.8, 4) is 5.75 Å². The van der Waals surface area contributed by atoms with Crippen molar-refractivity contribution in [3.05, 3.63) is 52.5 Å². The van der Waals surface area contributed by atoms with Crippen LogP contribution < -0.4 is 10.1 Å². The monoisotopic (exact) mass is 398 g/mol. The highest BCUT2D eigenvalue weighted by Gasteiger charge is 2.22. The standard InChI is InChI=1S/C16H16BrFN2O4/c1-2-20-9-10(17)7-13(20)15(21)19-8-14(16(22)23)24-12-5-3-11(18)4-6-12/h3-7,9,14H,2,8H2,1H3,(H,19,21)(H,22,23). The van der Waals surface area contributed by atoms with Crippen molar-refractivity contribution in [2.24, 2.45) is 0 Å². The summed E-state index contributed by atoms with van der Waals surface area (Å²) >= 11 is 3.30. The number of hydrogen-bond donors (Lipinski definition) is 2. The van der Waals surface area contributed by atoms with Crippen molar-refractivity contribution in [3.63, 3.8) is 0 Å². The number of nitrogens with one attached hydrogen (secondary N) is 1. The van der Waals surface area contributed by atoms with Gasteiger partial charge in [-0.3, -0.25) is 4.79 Å². The first-order valence-corrected chi connectivity index (χ1v) is 7.99. The molecule has 128 valence electrons. The van der Waals surface area contributed by atoms with Gasteiger partial charge in [0.1, 0.15) is 17.3 Å². The number of carboxylic acid groups (broad SMARTS) is 1. The topological polar surface area (TPSA) is 80.6 Å². The van der Waals surface area contributed by atoms with Gasteiger partial charge in [-0.15, -0.1) is 0 Å². The molecule has 2 aromatic rings. The molecule has 2 N–H and O–H groups in total. The van der Waals surface area contributed by atoms with Gasteiger partial charge in [0.15, 0.2) is 0 Å². The molecule has 0 aliphatic rings. The zero-order chi connectivity index (χ0) is 17.7. The van der Waals surface area contributed by atoms with Crippen molar-refractivity contribution >= 4 is 27.8 Å². The Kier molecular flexibility index (Phi) is 5.97. The maximum atomic E-state index is 12.9. The molecular formula is C16H16BrFN2O4. The van der Waals surface area contributed by atoms with E-state index in [2.05, 4.69) is 21.2 Å². The molecule has 1 heterocycles. The molecule has 24 heavy (non-hydrogen) atoms. The third-order valence-corrected chi connectivity index (χ3v) is 3.69. The first kappa shape index (κ1) is 18.0. The van der Waals surface area contributed by atoms with Crippen LogP contribution in [0.3, 0.4) is 0 Å². The first-order chi connectivity index (χ1) is 11.4. The van der Waals surface area contributed by atoms with Crippen molar-refractivity contribution < 1.29 is 23.8 Å². The third-order valence-electron chi connectivity index (χ3n) is 3.25. The number of aromatic nitrogens is 1. The number of halogens is 2. The van der Waals surface area contributed by atoms with Gasteiger partial charge in [0, 0.05) is 17.2 Å². The van der Waals surface area contributed by atoms with Crippen LogP contribution in [0.4, 0.5) is 4.39 Å². The fraction of sp³-hybridized carbons (Fsp3) is 0.250. The molecule has 1 atom stereocenters. The molecule has 0 radical (unpaired) electrons. The number of carbonyl (C=O) groups excluding carboxylic acids is 1. The molecule has 1 unspecified atom stereocenters.